The zero-order chi connectivity index (χ0) is 17.6. The van der Waals surface area contributed by atoms with Gasteiger partial charge in [-0.05, 0) is 35.4 Å². The third kappa shape index (κ3) is 3.85. The van der Waals surface area contributed by atoms with E-state index in [0.29, 0.717) is 21.8 Å². The van der Waals surface area contributed by atoms with Crippen molar-refractivity contribution < 1.29 is 4.79 Å². The fraction of sp³-hybridized carbons (Fsp3) is 0.0500. The van der Waals surface area contributed by atoms with Crippen molar-refractivity contribution in [3.05, 3.63) is 94.8 Å². The third-order valence-electron chi connectivity index (χ3n) is 3.76. The molecule has 0 spiro atoms. The van der Waals surface area contributed by atoms with Crippen LogP contribution in [-0.2, 0) is 0 Å². The molecule has 4 nitrogen and oxygen atoms in total. The Morgan fingerprint density at radius 2 is 1.92 bits per heavy atom. The van der Waals surface area contributed by atoms with Crippen LogP contribution in [0, 0.1) is 11.3 Å². The van der Waals surface area contributed by atoms with Crippen LogP contribution in [0.15, 0.2) is 73.1 Å². The molecule has 2 aromatic carbocycles. The normalized spacial score (nSPS) is 11.4. The molecule has 0 saturated heterocycles. The summed E-state index contributed by atoms with van der Waals surface area (Å²) >= 11 is 6.37. The van der Waals surface area contributed by atoms with Gasteiger partial charge in [0.2, 0.25) is 0 Å². The van der Waals surface area contributed by atoms with E-state index in [4.69, 9.17) is 11.6 Å². The van der Waals surface area contributed by atoms with Gasteiger partial charge in [-0.1, -0.05) is 48.0 Å². The van der Waals surface area contributed by atoms with E-state index >= 15 is 0 Å². The molecule has 0 fully saturated rings. The summed E-state index contributed by atoms with van der Waals surface area (Å²) in [5.74, 6) is -0.728. The quantitative estimate of drug-likeness (QED) is 0.747. The molecule has 0 bridgehead atoms. The number of halogens is 1. The molecule has 3 rings (SSSR count). The van der Waals surface area contributed by atoms with Crippen LogP contribution in [0.3, 0.4) is 0 Å². The Morgan fingerprint density at radius 1 is 1.12 bits per heavy atom. The predicted molar refractivity (Wildman–Crippen MR) is 97.5 cm³/mol. The molecule has 1 unspecified atom stereocenters. The van der Waals surface area contributed by atoms with Crippen molar-refractivity contribution in [1.29, 1.82) is 5.26 Å². The van der Waals surface area contributed by atoms with Gasteiger partial charge in [0.05, 0.1) is 17.6 Å². The Labute approximate surface area is 150 Å². The maximum absolute atomic E-state index is 12.2. The molecule has 0 radical (unpaired) electrons. The van der Waals surface area contributed by atoms with E-state index in [1.165, 1.54) is 6.20 Å². The number of nitrogens with zero attached hydrogens (tertiary/aromatic N) is 2. The highest BCUT2D eigenvalue weighted by atomic mass is 35.5. The Bertz CT molecular complexity index is 921. The summed E-state index contributed by atoms with van der Waals surface area (Å²) in [5, 5.41) is 12.7. The number of hydrogen-bond acceptors (Lipinski definition) is 3. The number of hydrogen-bond donors (Lipinski definition) is 1. The molecule has 0 aliphatic heterocycles. The lowest BCUT2D eigenvalue weighted by Crippen LogP contribution is -2.12. The van der Waals surface area contributed by atoms with Crippen molar-refractivity contribution in [3.63, 3.8) is 0 Å². The zero-order valence-corrected chi connectivity index (χ0v) is 13.9. The maximum atomic E-state index is 12.2. The Balaban J connectivity index is 1.84. The third-order valence-corrected chi connectivity index (χ3v) is 4.08. The molecule has 3 aromatic rings. The summed E-state index contributed by atoms with van der Waals surface area (Å²) in [7, 11) is 0. The smallest absolute Gasteiger partial charge is 0.257 e. The minimum Gasteiger partial charge on any atom is -0.322 e. The molecule has 1 amide bonds. The summed E-state index contributed by atoms with van der Waals surface area (Å²) in [6.45, 7) is 0. The molecule has 0 saturated carbocycles. The lowest BCUT2D eigenvalue weighted by atomic mass is 9.92. The van der Waals surface area contributed by atoms with Crippen LogP contribution >= 0.6 is 11.6 Å². The van der Waals surface area contributed by atoms with Crippen LogP contribution in [-0.4, -0.2) is 10.9 Å². The largest absolute Gasteiger partial charge is 0.322 e. The summed E-state index contributed by atoms with van der Waals surface area (Å²) in [5.41, 5.74) is 2.60. The van der Waals surface area contributed by atoms with Gasteiger partial charge in [-0.15, -0.1) is 0 Å². The first-order valence-electron chi connectivity index (χ1n) is 7.64. The van der Waals surface area contributed by atoms with E-state index in [9.17, 15) is 10.1 Å². The summed E-state index contributed by atoms with van der Waals surface area (Å²) in [6.07, 6.45) is 3.10. The summed E-state index contributed by atoms with van der Waals surface area (Å²) in [4.78, 5) is 16.1. The van der Waals surface area contributed by atoms with Crippen molar-refractivity contribution >= 4 is 23.2 Å². The van der Waals surface area contributed by atoms with Crippen LogP contribution in [0.1, 0.15) is 27.4 Å². The van der Waals surface area contributed by atoms with E-state index in [0.717, 1.165) is 5.56 Å². The monoisotopic (exact) mass is 347 g/mol. The highest BCUT2D eigenvalue weighted by Gasteiger charge is 2.17. The fourth-order valence-corrected chi connectivity index (χ4v) is 2.80. The predicted octanol–water partition coefficient (Wildman–Crippen LogP) is 4.64. The Kier molecular flexibility index (Phi) is 5.08. The zero-order valence-electron chi connectivity index (χ0n) is 13.2. The standard InChI is InChI=1S/C20H14ClN3O/c21-19-11-16(24-20(25)15-7-4-10-23-13-15)8-9-17(19)18(12-22)14-5-2-1-3-6-14/h1-11,13,18H,(H,24,25). The summed E-state index contributed by atoms with van der Waals surface area (Å²) < 4.78 is 0. The van der Waals surface area contributed by atoms with Gasteiger partial charge in [0.15, 0.2) is 0 Å². The van der Waals surface area contributed by atoms with E-state index in [1.54, 1.807) is 36.5 Å². The van der Waals surface area contributed by atoms with Crippen LogP contribution in [0.2, 0.25) is 5.02 Å². The minimum atomic E-state index is -0.461. The van der Waals surface area contributed by atoms with Gasteiger partial charge in [-0.2, -0.15) is 5.26 Å². The van der Waals surface area contributed by atoms with Crippen LogP contribution in [0.4, 0.5) is 5.69 Å². The van der Waals surface area contributed by atoms with Gasteiger partial charge in [0.25, 0.3) is 5.91 Å². The molecule has 25 heavy (non-hydrogen) atoms. The van der Waals surface area contributed by atoms with Gasteiger partial charge >= 0.3 is 0 Å². The average molecular weight is 348 g/mol. The number of aromatic nitrogens is 1. The number of anilines is 1. The number of carbonyl (C=O) groups excluding carboxylic acids is 1. The highest BCUT2D eigenvalue weighted by Crippen LogP contribution is 2.31. The molecule has 1 atom stereocenters. The second-order valence-corrected chi connectivity index (χ2v) is 5.81. The number of pyridine rings is 1. The first kappa shape index (κ1) is 16.7. The van der Waals surface area contributed by atoms with Crippen LogP contribution < -0.4 is 5.32 Å². The molecule has 122 valence electrons. The van der Waals surface area contributed by atoms with Gasteiger partial charge < -0.3 is 5.32 Å². The van der Waals surface area contributed by atoms with Gasteiger partial charge in [-0.3, -0.25) is 9.78 Å². The lowest BCUT2D eigenvalue weighted by Gasteiger charge is -2.13. The van der Waals surface area contributed by atoms with Crippen LogP contribution in [0.25, 0.3) is 0 Å². The van der Waals surface area contributed by atoms with E-state index < -0.39 is 5.92 Å². The van der Waals surface area contributed by atoms with Crippen molar-refractivity contribution in [3.8, 4) is 6.07 Å². The molecule has 1 aromatic heterocycles. The van der Waals surface area contributed by atoms with Crippen LogP contribution in [0.5, 0.6) is 0 Å². The number of carbonyl (C=O) groups is 1. The number of nitrogens with one attached hydrogen (secondary N) is 1. The fourth-order valence-electron chi connectivity index (χ4n) is 2.51. The second kappa shape index (κ2) is 7.61. The number of benzene rings is 2. The molecule has 1 heterocycles. The number of nitriles is 1. The van der Waals surface area contributed by atoms with Gasteiger partial charge in [0, 0.05) is 23.1 Å². The van der Waals surface area contributed by atoms with Crippen molar-refractivity contribution in [2.24, 2.45) is 0 Å². The Hall–Kier alpha value is -3.16. The first-order valence-corrected chi connectivity index (χ1v) is 8.02. The van der Waals surface area contributed by atoms with Crippen molar-refractivity contribution in [1.82, 2.24) is 4.98 Å². The van der Waals surface area contributed by atoms with E-state index in [1.807, 2.05) is 30.3 Å². The summed E-state index contributed by atoms with van der Waals surface area (Å²) in [6, 6.07) is 20.3. The second-order valence-electron chi connectivity index (χ2n) is 5.40. The number of amides is 1. The highest BCUT2D eigenvalue weighted by molar-refractivity contribution is 6.31. The SMILES string of the molecule is N#CC(c1ccccc1)c1ccc(NC(=O)c2cccnc2)cc1Cl. The van der Waals surface area contributed by atoms with E-state index in [-0.39, 0.29) is 5.91 Å². The van der Waals surface area contributed by atoms with Crippen molar-refractivity contribution in [2.45, 2.75) is 5.92 Å². The van der Waals surface area contributed by atoms with Gasteiger partial charge in [-0.25, -0.2) is 0 Å². The number of rotatable bonds is 4. The topological polar surface area (TPSA) is 65.8 Å². The molecule has 0 aliphatic carbocycles. The first-order chi connectivity index (χ1) is 12.2. The van der Waals surface area contributed by atoms with Crippen molar-refractivity contribution in [2.75, 3.05) is 5.32 Å². The van der Waals surface area contributed by atoms with E-state index in [2.05, 4.69) is 16.4 Å². The molecule has 1 N–H and O–H groups in total. The molecule has 0 aliphatic rings. The molecule has 5 heteroatoms. The molecular weight excluding hydrogens is 334 g/mol. The lowest BCUT2D eigenvalue weighted by molar-refractivity contribution is 0.102. The average Bonchev–Trinajstić information content (AvgIpc) is 2.65. The maximum Gasteiger partial charge on any atom is 0.257 e. The Morgan fingerprint density at radius 3 is 2.56 bits per heavy atom. The van der Waals surface area contributed by atoms with Gasteiger partial charge in [0.1, 0.15) is 0 Å². The minimum absolute atomic E-state index is 0.267. The molecular formula is C20H14ClN3O.